The molecule has 0 saturated carbocycles. The van der Waals surface area contributed by atoms with Gasteiger partial charge in [-0.25, -0.2) is 0 Å². The van der Waals surface area contributed by atoms with E-state index in [-0.39, 0.29) is 16.9 Å². The van der Waals surface area contributed by atoms with Gasteiger partial charge in [0.25, 0.3) is 11.8 Å². The average Bonchev–Trinajstić information content (AvgIpc) is 3.55. The summed E-state index contributed by atoms with van der Waals surface area (Å²) in [6.45, 7) is 2.42. The fraction of sp³-hybridized carbons (Fsp3) is 0.174. The Labute approximate surface area is 215 Å². The molecule has 5 rings (SSSR count). The summed E-state index contributed by atoms with van der Waals surface area (Å²) in [6, 6.07) is 13.9. The minimum atomic E-state index is -0.345. The summed E-state index contributed by atoms with van der Waals surface area (Å²) in [6.07, 6.45) is 1.50. The number of nitrogens with zero attached hydrogens (tertiary/aromatic N) is 4. The van der Waals surface area contributed by atoms with Crippen molar-refractivity contribution in [3.63, 3.8) is 0 Å². The Kier molecular flexibility index (Phi) is 6.62. The number of anilines is 2. The number of amides is 2. The number of halogens is 1. The number of thiocarbonyl (C=S) groups is 1. The molecule has 1 aliphatic rings. The molecule has 35 heavy (non-hydrogen) atoms. The van der Waals surface area contributed by atoms with Crippen molar-refractivity contribution in [2.45, 2.75) is 0 Å². The van der Waals surface area contributed by atoms with Gasteiger partial charge in [0.1, 0.15) is 11.0 Å². The van der Waals surface area contributed by atoms with Crippen LogP contribution in [-0.2, 0) is 0 Å². The minimum absolute atomic E-state index is 0.112. The normalized spacial score (nSPS) is 13.6. The highest BCUT2D eigenvalue weighted by Crippen LogP contribution is 2.30. The van der Waals surface area contributed by atoms with E-state index >= 15 is 0 Å². The second kappa shape index (κ2) is 9.98. The van der Waals surface area contributed by atoms with Crippen molar-refractivity contribution in [1.82, 2.24) is 19.0 Å². The third-order valence-electron chi connectivity index (χ3n) is 5.59. The summed E-state index contributed by atoms with van der Waals surface area (Å²) in [5, 5.41) is 6.35. The van der Waals surface area contributed by atoms with Crippen LogP contribution < -0.4 is 15.5 Å². The van der Waals surface area contributed by atoms with E-state index in [2.05, 4.69) is 24.3 Å². The minimum Gasteiger partial charge on any atom is -0.459 e. The Morgan fingerprint density at radius 3 is 2.57 bits per heavy atom. The maximum absolute atomic E-state index is 12.5. The van der Waals surface area contributed by atoms with Gasteiger partial charge in [0, 0.05) is 37.4 Å². The first-order valence-corrected chi connectivity index (χ1v) is 12.2. The zero-order chi connectivity index (χ0) is 24.4. The topological polar surface area (TPSA) is 104 Å². The van der Waals surface area contributed by atoms with Gasteiger partial charge in [0.2, 0.25) is 0 Å². The van der Waals surface area contributed by atoms with Gasteiger partial charge in [-0.05, 0) is 60.7 Å². The molecule has 0 unspecified atom stereocenters. The fourth-order valence-corrected chi connectivity index (χ4v) is 4.84. The quantitative estimate of drug-likeness (QED) is 0.384. The average molecular weight is 527 g/mol. The molecular formula is C23H19ClN6O3S2. The van der Waals surface area contributed by atoms with Crippen molar-refractivity contribution in [2.24, 2.45) is 0 Å². The Morgan fingerprint density at radius 1 is 1.03 bits per heavy atom. The summed E-state index contributed by atoms with van der Waals surface area (Å²) in [5.41, 5.74) is 3.35. The van der Waals surface area contributed by atoms with E-state index in [1.54, 1.807) is 41.3 Å². The van der Waals surface area contributed by atoms with Gasteiger partial charge < -0.3 is 19.5 Å². The molecule has 0 spiro atoms. The molecule has 1 aliphatic heterocycles. The largest absolute Gasteiger partial charge is 0.459 e. The van der Waals surface area contributed by atoms with Crippen LogP contribution >= 0.6 is 35.5 Å². The Hall–Kier alpha value is -3.54. The van der Waals surface area contributed by atoms with Crippen LogP contribution in [0.2, 0.25) is 5.02 Å². The smallest absolute Gasteiger partial charge is 0.289 e. The molecule has 0 bridgehead atoms. The molecule has 1 saturated heterocycles. The number of rotatable bonds is 4. The molecular weight excluding hydrogens is 508 g/mol. The first-order valence-electron chi connectivity index (χ1n) is 10.7. The van der Waals surface area contributed by atoms with E-state index in [4.69, 9.17) is 28.2 Å². The van der Waals surface area contributed by atoms with E-state index in [1.807, 2.05) is 12.1 Å². The molecule has 1 fully saturated rings. The van der Waals surface area contributed by atoms with E-state index in [9.17, 15) is 9.59 Å². The molecule has 178 valence electrons. The van der Waals surface area contributed by atoms with E-state index < -0.39 is 0 Å². The number of aromatic nitrogens is 2. The molecule has 4 aromatic rings. The molecule has 2 aromatic carbocycles. The predicted molar refractivity (Wildman–Crippen MR) is 139 cm³/mol. The molecule has 12 heteroatoms. The maximum Gasteiger partial charge on any atom is 0.289 e. The molecule has 0 radical (unpaired) electrons. The Balaban J connectivity index is 1.17. The van der Waals surface area contributed by atoms with Crippen LogP contribution in [-0.4, -0.2) is 56.8 Å². The van der Waals surface area contributed by atoms with Gasteiger partial charge in [-0.2, -0.15) is 8.75 Å². The van der Waals surface area contributed by atoms with Crippen LogP contribution in [0.15, 0.2) is 59.2 Å². The number of fused-ring (bicyclic) bond motifs is 1. The molecule has 2 amide bonds. The highest BCUT2D eigenvalue weighted by atomic mass is 35.5. The van der Waals surface area contributed by atoms with Crippen LogP contribution in [0.1, 0.15) is 20.9 Å². The number of benzene rings is 2. The number of nitrogens with one attached hydrogen (secondary N) is 2. The summed E-state index contributed by atoms with van der Waals surface area (Å²) in [4.78, 5) is 28.9. The molecule has 9 nitrogen and oxygen atoms in total. The zero-order valence-corrected chi connectivity index (χ0v) is 20.6. The number of piperazine rings is 1. The standard InChI is InChI=1S/C23H19ClN6O3S2/c24-16-13-15(25-23(34)26-21(31)14-3-5-17-18(12-14)28-35-27-17)4-6-19(16)29-7-9-30(10-8-29)22(32)20-2-1-11-33-20/h1-6,11-13H,7-10H2,(H2,25,26,31,34). The maximum atomic E-state index is 12.5. The monoisotopic (exact) mass is 526 g/mol. The third kappa shape index (κ3) is 5.11. The lowest BCUT2D eigenvalue weighted by Gasteiger charge is -2.36. The molecule has 3 heterocycles. The van der Waals surface area contributed by atoms with Crippen LogP contribution in [0.25, 0.3) is 11.0 Å². The van der Waals surface area contributed by atoms with Crippen molar-refractivity contribution in [1.29, 1.82) is 0 Å². The second-order valence-electron chi connectivity index (χ2n) is 7.80. The number of carbonyl (C=O) groups excluding carboxylic acids is 2. The lowest BCUT2D eigenvalue weighted by atomic mass is 10.2. The highest BCUT2D eigenvalue weighted by Gasteiger charge is 2.24. The predicted octanol–water partition coefficient (Wildman–Crippen LogP) is 4.03. The van der Waals surface area contributed by atoms with Crippen LogP contribution in [0, 0.1) is 0 Å². The van der Waals surface area contributed by atoms with E-state index in [1.165, 1.54) is 6.26 Å². The van der Waals surface area contributed by atoms with Gasteiger partial charge in [0.15, 0.2) is 10.9 Å². The summed E-state index contributed by atoms with van der Waals surface area (Å²) in [5.74, 6) is -0.114. The second-order valence-corrected chi connectivity index (χ2v) is 9.14. The number of hydrogen-bond donors (Lipinski definition) is 2. The summed E-state index contributed by atoms with van der Waals surface area (Å²) >= 11 is 12.9. The molecule has 0 atom stereocenters. The van der Waals surface area contributed by atoms with Gasteiger partial charge in [-0.3, -0.25) is 14.9 Å². The lowest BCUT2D eigenvalue weighted by Crippen LogP contribution is -2.48. The van der Waals surface area contributed by atoms with Gasteiger partial charge in [-0.15, -0.1) is 0 Å². The summed E-state index contributed by atoms with van der Waals surface area (Å²) < 4.78 is 13.5. The van der Waals surface area contributed by atoms with Crippen molar-refractivity contribution < 1.29 is 14.0 Å². The SMILES string of the molecule is O=C(NC(=S)Nc1ccc(N2CCN(C(=O)c3ccco3)CC2)c(Cl)c1)c1ccc2nsnc2c1. The van der Waals surface area contributed by atoms with Gasteiger partial charge in [-0.1, -0.05) is 11.6 Å². The molecule has 0 aliphatic carbocycles. The Morgan fingerprint density at radius 2 is 1.83 bits per heavy atom. The Bertz CT molecular complexity index is 1400. The number of hydrogen-bond acceptors (Lipinski definition) is 8. The van der Waals surface area contributed by atoms with E-state index in [0.717, 1.165) is 22.9 Å². The van der Waals surface area contributed by atoms with E-state index in [0.29, 0.717) is 53.7 Å². The lowest BCUT2D eigenvalue weighted by molar-refractivity contribution is 0.0714. The van der Waals surface area contributed by atoms with Gasteiger partial charge in [0.05, 0.1) is 28.7 Å². The first kappa shape index (κ1) is 23.2. The first-order chi connectivity index (χ1) is 17.0. The summed E-state index contributed by atoms with van der Waals surface area (Å²) in [7, 11) is 0. The van der Waals surface area contributed by atoms with Crippen LogP contribution in [0.3, 0.4) is 0 Å². The third-order valence-corrected chi connectivity index (χ3v) is 6.65. The van der Waals surface area contributed by atoms with Crippen molar-refractivity contribution in [2.75, 3.05) is 36.4 Å². The molecule has 2 N–H and O–H groups in total. The van der Waals surface area contributed by atoms with Crippen molar-refractivity contribution >= 4 is 74.9 Å². The fourth-order valence-electron chi connectivity index (χ4n) is 3.81. The highest BCUT2D eigenvalue weighted by molar-refractivity contribution is 7.80. The van der Waals surface area contributed by atoms with Crippen molar-refractivity contribution in [3.05, 3.63) is 71.1 Å². The zero-order valence-electron chi connectivity index (χ0n) is 18.2. The van der Waals surface area contributed by atoms with Crippen molar-refractivity contribution in [3.8, 4) is 0 Å². The van der Waals surface area contributed by atoms with Crippen LogP contribution in [0.4, 0.5) is 11.4 Å². The number of carbonyl (C=O) groups is 2. The number of furan rings is 1. The molecule has 2 aromatic heterocycles. The van der Waals surface area contributed by atoms with Crippen LogP contribution in [0.5, 0.6) is 0 Å². The van der Waals surface area contributed by atoms with Gasteiger partial charge >= 0.3 is 0 Å².